The van der Waals surface area contributed by atoms with Gasteiger partial charge in [0.25, 0.3) is 0 Å². The van der Waals surface area contributed by atoms with E-state index in [1.807, 2.05) is 11.4 Å². The first-order chi connectivity index (χ1) is 9.63. The number of tetrazole rings is 1. The molecule has 2 N–H and O–H groups in total. The summed E-state index contributed by atoms with van der Waals surface area (Å²) < 4.78 is 1.32. The number of aromatic nitrogens is 4. The van der Waals surface area contributed by atoms with Crippen LogP contribution >= 0.6 is 11.3 Å². The molecular weight excluding hydrogens is 282 g/mol. The van der Waals surface area contributed by atoms with Crippen LogP contribution in [0.15, 0.2) is 23.8 Å². The highest BCUT2D eigenvalue weighted by Gasteiger charge is 2.05. The Morgan fingerprint density at radius 2 is 2.35 bits per heavy atom. The number of aliphatic carboxylic acids is 1. The van der Waals surface area contributed by atoms with Crippen LogP contribution in [0.3, 0.4) is 0 Å². The Morgan fingerprint density at radius 1 is 1.50 bits per heavy atom. The van der Waals surface area contributed by atoms with E-state index in [-0.39, 0.29) is 12.5 Å². The number of nitrogens with zero attached hydrogens (tertiary/aromatic N) is 4. The van der Waals surface area contributed by atoms with Crippen LogP contribution in [0.2, 0.25) is 0 Å². The lowest BCUT2D eigenvalue weighted by Crippen LogP contribution is -2.27. The zero-order valence-corrected chi connectivity index (χ0v) is 11.1. The van der Waals surface area contributed by atoms with Crippen molar-refractivity contribution in [3.63, 3.8) is 0 Å². The molecule has 104 valence electrons. The van der Waals surface area contributed by atoms with E-state index in [1.165, 1.54) is 28.4 Å². The Hall–Kier alpha value is -2.55. The number of carbonyl (C=O) groups excluding carboxylic acids is 1. The summed E-state index contributed by atoms with van der Waals surface area (Å²) in [6, 6.07) is 1.82. The van der Waals surface area contributed by atoms with E-state index in [0.717, 1.165) is 16.5 Å². The fraction of sp³-hybridized carbons (Fsp3) is 0.182. The summed E-state index contributed by atoms with van der Waals surface area (Å²) in [6.45, 7) is 0.441. The number of amides is 1. The van der Waals surface area contributed by atoms with E-state index in [9.17, 15) is 9.59 Å². The van der Waals surface area contributed by atoms with Crippen LogP contribution in [-0.4, -0.2) is 37.2 Å². The second-order valence-corrected chi connectivity index (χ2v) is 4.80. The average Bonchev–Trinajstić information content (AvgIpc) is 3.05. The maximum atomic E-state index is 11.6. The SMILES string of the molecule is O=C(O)C=Cc1csc(CNC(=O)Cn2cnnn2)c1. The van der Waals surface area contributed by atoms with E-state index in [1.54, 1.807) is 0 Å². The summed E-state index contributed by atoms with van der Waals surface area (Å²) in [6.07, 6.45) is 3.94. The molecule has 0 saturated carbocycles. The van der Waals surface area contributed by atoms with Crippen molar-refractivity contribution in [2.24, 2.45) is 0 Å². The number of nitrogens with one attached hydrogen (secondary N) is 1. The first-order valence-corrected chi connectivity index (χ1v) is 6.47. The van der Waals surface area contributed by atoms with Crippen LogP contribution in [0.4, 0.5) is 0 Å². The summed E-state index contributed by atoms with van der Waals surface area (Å²) >= 11 is 1.45. The van der Waals surface area contributed by atoms with E-state index < -0.39 is 5.97 Å². The molecule has 0 unspecified atom stereocenters. The highest BCUT2D eigenvalue weighted by molar-refractivity contribution is 7.10. The number of carboxylic acids is 1. The number of carboxylic acid groups (broad SMARTS) is 1. The summed E-state index contributed by atoms with van der Waals surface area (Å²) in [7, 11) is 0. The van der Waals surface area contributed by atoms with Crippen LogP contribution in [0.1, 0.15) is 10.4 Å². The largest absolute Gasteiger partial charge is 0.478 e. The molecule has 0 atom stereocenters. The van der Waals surface area contributed by atoms with Crippen molar-refractivity contribution in [3.05, 3.63) is 34.3 Å². The zero-order valence-electron chi connectivity index (χ0n) is 10.3. The van der Waals surface area contributed by atoms with Crippen LogP contribution in [0.5, 0.6) is 0 Å². The third-order valence-electron chi connectivity index (χ3n) is 2.25. The fourth-order valence-corrected chi connectivity index (χ4v) is 2.18. The van der Waals surface area contributed by atoms with Gasteiger partial charge in [0.15, 0.2) is 0 Å². The smallest absolute Gasteiger partial charge is 0.328 e. The van der Waals surface area contributed by atoms with E-state index in [0.29, 0.717) is 6.54 Å². The van der Waals surface area contributed by atoms with Crippen molar-refractivity contribution >= 4 is 29.3 Å². The Kier molecular flexibility index (Phi) is 4.56. The summed E-state index contributed by atoms with van der Waals surface area (Å²) in [5, 5.41) is 23.5. The Morgan fingerprint density at radius 3 is 3.05 bits per heavy atom. The first-order valence-electron chi connectivity index (χ1n) is 5.59. The van der Waals surface area contributed by atoms with Gasteiger partial charge in [0.1, 0.15) is 12.9 Å². The summed E-state index contributed by atoms with van der Waals surface area (Å²) in [5.74, 6) is -1.19. The molecule has 0 saturated heterocycles. The number of rotatable bonds is 6. The molecule has 0 aliphatic heterocycles. The maximum absolute atomic E-state index is 11.6. The Balaban J connectivity index is 1.82. The van der Waals surface area contributed by atoms with Crippen molar-refractivity contribution in [1.82, 2.24) is 25.5 Å². The molecule has 8 nitrogen and oxygen atoms in total. The second kappa shape index (κ2) is 6.57. The quantitative estimate of drug-likeness (QED) is 0.733. The molecule has 0 spiro atoms. The van der Waals surface area contributed by atoms with Crippen molar-refractivity contribution in [2.75, 3.05) is 0 Å². The predicted octanol–water partition coefficient (Wildman–Crippen LogP) is 0.149. The van der Waals surface area contributed by atoms with Gasteiger partial charge in [0.2, 0.25) is 5.91 Å². The van der Waals surface area contributed by atoms with Gasteiger partial charge in [-0.25, -0.2) is 9.48 Å². The van der Waals surface area contributed by atoms with Gasteiger partial charge in [-0.1, -0.05) is 0 Å². The molecule has 0 aliphatic carbocycles. The van der Waals surface area contributed by atoms with Gasteiger partial charge in [0, 0.05) is 11.0 Å². The van der Waals surface area contributed by atoms with Crippen molar-refractivity contribution in [1.29, 1.82) is 0 Å². The third kappa shape index (κ3) is 4.28. The number of thiophene rings is 1. The topological polar surface area (TPSA) is 110 Å². The van der Waals surface area contributed by atoms with Gasteiger partial charge in [-0.3, -0.25) is 4.79 Å². The number of carbonyl (C=O) groups is 2. The third-order valence-corrected chi connectivity index (χ3v) is 3.20. The maximum Gasteiger partial charge on any atom is 0.328 e. The molecule has 0 aromatic carbocycles. The minimum atomic E-state index is -0.993. The number of hydrogen-bond donors (Lipinski definition) is 2. The average molecular weight is 293 g/mol. The molecule has 1 amide bonds. The minimum absolute atomic E-state index is 0.0597. The summed E-state index contributed by atoms with van der Waals surface area (Å²) in [5.41, 5.74) is 0.794. The fourth-order valence-electron chi connectivity index (χ4n) is 1.39. The standard InChI is InChI=1S/C11H11N5O3S/c17-10(5-16-7-13-14-15-16)12-4-9-3-8(6-20-9)1-2-11(18)19/h1-3,6-7H,4-5H2,(H,12,17)(H,18,19). The van der Waals surface area contributed by atoms with Gasteiger partial charge in [0.05, 0.1) is 6.54 Å². The lowest BCUT2D eigenvalue weighted by Gasteiger charge is -2.02. The van der Waals surface area contributed by atoms with Crippen molar-refractivity contribution < 1.29 is 14.7 Å². The molecular formula is C11H11N5O3S. The molecule has 2 rings (SSSR count). The molecule has 2 heterocycles. The highest BCUT2D eigenvalue weighted by atomic mass is 32.1. The highest BCUT2D eigenvalue weighted by Crippen LogP contribution is 2.15. The number of hydrogen-bond acceptors (Lipinski definition) is 6. The molecule has 0 fully saturated rings. The van der Waals surface area contributed by atoms with Crippen LogP contribution in [0.25, 0.3) is 6.08 Å². The van der Waals surface area contributed by atoms with E-state index in [4.69, 9.17) is 5.11 Å². The molecule has 0 radical (unpaired) electrons. The van der Waals surface area contributed by atoms with E-state index in [2.05, 4.69) is 20.8 Å². The van der Waals surface area contributed by atoms with Gasteiger partial charge in [-0.15, -0.1) is 16.4 Å². The van der Waals surface area contributed by atoms with Gasteiger partial charge in [-0.2, -0.15) is 0 Å². The van der Waals surface area contributed by atoms with Gasteiger partial charge >= 0.3 is 5.97 Å². The lowest BCUT2D eigenvalue weighted by atomic mass is 10.3. The van der Waals surface area contributed by atoms with Crippen LogP contribution in [0, 0.1) is 0 Å². The summed E-state index contributed by atoms with van der Waals surface area (Å²) in [4.78, 5) is 22.9. The van der Waals surface area contributed by atoms with Crippen molar-refractivity contribution in [2.45, 2.75) is 13.1 Å². The van der Waals surface area contributed by atoms with Crippen LogP contribution in [-0.2, 0) is 22.7 Å². The molecule has 0 aliphatic rings. The Labute approximate surface area is 117 Å². The molecule has 20 heavy (non-hydrogen) atoms. The molecule has 9 heteroatoms. The molecule has 0 bridgehead atoms. The second-order valence-electron chi connectivity index (χ2n) is 3.80. The monoisotopic (exact) mass is 293 g/mol. The lowest BCUT2D eigenvalue weighted by molar-refractivity contribution is -0.131. The van der Waals surface area contributed by atoms with Gasteiger partial charge < -0.3 is 10.4 Å². The van der Waals surface area contributed by atoms with Crippen LogP contribution < -0.4 is 5.32 Å². The molecule has 2 aromatic heterocycles. The normalized spacial score (nSPS) is 10.8. The van der Waals surface area contributed by atoms with Crippen molar-refractivity contribution in [3.8, 4) is 0 Å². The Bertz CT molecular complexity index is 620. The molecule has 2 aromatic rings. The van der Waals surface area contributed by atoms with E-state index >= 15 is 0 Å². The zero-order chi connectivity index (χ0) is 14.4. The minimum Gasteiger partial charge on any atom is -0.478 e. The first kappa shape index (κ1) is 13.9. The predicted molar refractivity (Wildman–Crippen MR) is 70.7 cm³/mol. The van der Waals surface area contributed by atoms with Gasteiger partial charge in [-0.05, 0) is 33.5 Å².